The molecule has 6 heteroatoms. The Morgan fingerprint density at radius 1 is 1.25 bits per heavy atom. The van der Waals surface area contributed by atoms with Gasteiger partial charge in [0.2, 0.25) is 5.88 Å². The van der Waals surface area contributed by atoms with Crippen molar-refractivity contribution in [3.63, 3.8) is 0 Å². The molecule has 0 aliphatic rings. The molecule has 5 nitrogen and oxygen atoms in total. The topological polar surface area (TPSA) is 61.3 Å². The van der Waals surface area contributed by atoms with E-state index in [0.29, 0.717) is 23.3 Å². The first kappa shape index (κ1) is 14.3. The molecule has 0 fully saturated rings. The fourth-order valence-electron chi connectivity index (χ4n) is 1.40. The van der Waals surface area contributed by atoms with Gasteiger partial charge in [0.1, 0.15) is 17.1 Å². The van der Waals surface area contributed by atoms with Gasteiger partial charge >= 0.3 is 5.97 Å². The molecule has 2 aromatic rings. The van der Waals surface area contributed by atoms with E-state index in [0.717, 1.165) is 0 Å². The molecule has 1 aromatic heterocycles. The van der Waals surface area contributed by atoms with E-state index < -0.39 is 0 Å². The molecule has 1 heterocycles. The fraction of sp³-hybridized carbons (Fsp3) is 0.214. The van der Waals surface area contributed by atoms with Crippen LogP contribution < -0.4 is 4.74 Å². The number of benzene rings is 1. The summed E-state index contributed by atoms with van der Waals surface area (Å²) < 4.78 is 10.4. The number of aromatic nitrogens is 2. The standard InChI is InChI=1S/C14H14N2O3S/c1-2-18-14(17)9-20-13-8-12(15-10-16-13)19-11-6-4-3-5-7-11/h3-8,10H,2,9H2,1H3. The molecule has 0 aliphatic heterocycles. The van der Waals surface area contributed by atoms with Crippen molar-refractivity contribution >= 4 is 17.7 Å². The Hall–Kier alpha value is -2.08. The summed E-state index contributed by atoms with van der Waals surface area (Å²) in [5.41, 5.74) is 0. The zero-order valence-electron chi connectivity index (χ0n) is 11.0. The highest BCUT2D eigenvalue weighted by molar-refractivity contribution is 7.99. The second kappa shape index (κ2) is 7.49. The van der Waals surface area contributed by atoms with Gasteiger partial charge in [-0.3, -0.25) is 4.79 Å². The van der Waals surface area contributed by atoms with Crippen molar-refractivity contribution in [2.75, 3.05) is 12.4 Å². The molecular formula is C14H14N2O3S. The van der Waals surface area contributed by atoms with Crippen LogP contribution in [0.4, 0.5) is 0 Å². The van der Waals surface area contributed by atoms with Crippen LogP contribution in [0.15, 0.2) is 47.8 Å². The summed E-state index contributed by atoms with van der Waals surface area (Å²) in [6.07, 6.45) is 1.41. The van der Waals surface area contributed by atoms with E-state index >= 15 is 0 Å². The number of para-hydroxylation sites is 1. The average Bonchev–Trinajstić information content (AvgIpc) is 2.47. The summed E-state index contributed by atoms with van der Waals surface area (Å²) in [6.45, 7) is 2.16. The van der Waals surface area contributed by atoms with Gasteiger partial charge in [0.05, 0.1) is 12.4 Å². The molecule has 20 heavy (non-hydrogen) atoms. The number of esters is 1. The molecule has 0 aliphatic carbocycles. The van der Waals surface area contributed by atoms with E-state index in [1.54, 1.807) is 13.0 Å². The second-order valence-corrected chi connectivity index (χ2v) is 4.70. The van der Waals surface area contributed by atoms with Crippen molar-refractivity contribution in [2.24, 2.45) is 0 Å². The normalized spacial score (nSPS) is 10.1. The van der Waals surface area contributed by atoms with Gasteiger partial charge in [-0.25, -0.2) is 9.97 Å². The number of hydrogen-bond donors (Lipinski definition) is 0. The van der Waals surface area contributed by atoms with Crippen LogP contribution in [0, 0.1) is 0 Å². The van der Waals surface area contributed by atoms with Crippen molar-refractivity contribution in [3.05, 3.63) is 42.7 Å². The maximum atomic E-state index is 11.3. The van der Waals surface area contributed by atoms with Crippen molar-refractivity contribution < 1.29 is 14.3 Å². The van der Waals surface area contributed by atoms with Crippen LogP contribution in [-0.2, 0) is 9.53 Å². The Morgan fingerprint density at radius 3 is 2.80 bits per heavy atom. The van der Waals surface area contributed by atoms with Gasteiger partial charge in [-0.05, 0) is 19.1 Å². The minimum absolute atomic E-state index is 0.218. The van der Waals surface area contributed by atoms with Crippen LogP contribution in [0.3, 0.4) is 0 Å². The minimum atomic E-state index is -0.262. The molecule has 0 unspecified atom stereocenters. The third-order valence-corrected chi connectivity index (χ3v) is 3.12. The highest BCUT2D eigenvalue weighted by Crippen LogP contribution is 2.22. The minimum Gasteiger partial charge on any atom is -0.465 e. The Kier molecular flexibility index (Phi) is 5.37. The van der Waals surface area contributed by atoms with Crippen LogP contribution in [0.1, 0.15) is 6.92 Å². The molecule has 0 bridgehead atoms. The molecule has 0 amide bonds. The van der Waals surface area contributed by atoms with Crippen molar-refractivity contribution in [1.29, 1.82) is 0 Å². The molecule has 2 rings (SSSR count). The molecule has 0 radical (unpaired) electrons. The number of carbonyl (C=O) groups is 1. The fourth-order valence-corrected chi connectivity index (χ4v) is 2.06. The lowest BCUT2D eigenvalue weighted by Crippen LogP contribution is -2.06. The summed E-state index contributed by atoms with van der Waals surface area (Å²) in [7, 11) is 0. The van der Waals surface area contributed by atoms with E-state index in [9.17, 15) is 4.79 Å². The smallest absolute Gasteiger partial charge is 0.316 e. The zero-order chi connectivity index (χ0) is 14.2. The highest BCUT2D eigenvalue weighted by atomic mass is 32.2. The molecule has 104 valence electrons. The van der Waals surface area contributed by atoms with Crippen molar-refractivity contribution in [1.82, 2.24) is 9.97 Å². The quantitative estimate of drug-likeness (QED) is 0.463. The third kappa shape index (κ3) is 4.55. The molecule has 1 aromatic carbocycles. The van der Waals surface area contributed by atoms with E-state index in [4.69, 9.17) is 9.47 Å². The number of thioether (sulfide) groups is 1. The lowest BCUT2D eigenvalue weighted by atomic mass is 10.3. The maximum absolute atomic E-state index is 11.3. The predicted molar refractivity (Wildman–Crippen MR) is 75.9 cm³/mol. The van der Waals surface area contributed by atoms with Gasteiger partial charge in [0.15, 0.2) is 0 Å². The summed E-state index contributed by atoms with van der Waals surface area (Å²) in [5.74, 6) is 1.10. The number of carbonyl (C=O) groups excluding carboxylic acids is 1. The van der Waals surface area contributed by atoms with Crippen LogP contribution in [0.5, 0.6) is 11.6 Å². The Labute approximate surface area is 121 Å². The number of rotatable bonds is 6. The van der Waals surface area contributed by atoms with E-state index in [2.05, 4.69) is 9.97 Å². The van der Waals surface area contributed by atoms with Crippen molar-refractivity contribution in [3.8, 4) is 11.6 Å². The van der Waals surface area contributed by atoms with Gasteiger partial charge in [0, 0.05) is 6.07 Å². The molecule has 0 spiro atoms. The largest absolute Gasteiger partial charge is 0.465 e. The van der Waals surface area contributed by atoms with E-state index in [1.807, 2.05) is 30.3 Å². The summed E-state index contributed by atoms with van der Waals surface area (Å²) in [5, 5.41) is 0.666. The first-order valence-electron chi connectivity index (χ1n) is 6.11. The van der Waals surface area contributed by atoms with Crippen LogP contribution >= 0.6 is 11.8 Å². The van der Waals surface area contributed by atoms with Gasteiger partial charge in [-0.2, -0.15) is 0 Å². The van der Waals surface area contributed by atoms with Crippen LogP contribution in [0.25, 0.3) is 0 Å². The Balaban J connectivity index is 1.96. The van der Waals surface area contributed by atoms with E-state index in [1.165, 1.54) is 18.1 Å². The first-order chi connectivity index (χ1) is 9.78. The lowest BCUT2D eigenvalue weighted by Gasteiger charge is -2.05. The summed E-state index contributed by atoms with van der Waals surface area (Å²) >= 11 is 1.29. The van der Waals surface area contributed by atoms with Crippen LogP contribution in [0.2, 0.25) is 0 Å². The third-order valence-electron chi connectivity index (χ3n) is 2.23. The average molecular weight is 290 g/mol. The summed E-state index contributed by atoms with van der Waals surface area (Å²) in [4.78, 5) is 19.4. The van der Waals surface area contributed by atoms with Gasteiger partial charge in [-0.1, -0.05) is 30.0 Å². The number of ether oxygens (including phenoxy) is 2. The Bertz CT molecular complexity index is 563. The monoisotopic (exact) mass is 290 g/mol. The van der Waals surface area contributed by atoms with E-state index in [-0.39, 0.29) is 11.7 Å². The summed E-state index contributed by atoms with van der Waals surface area (Å²) in [6, 6.07) is 11.0. The van der Waals surface area contributed by atoms with Gasteiger partial charge < -0.3 is 9.47 Å². The van der Waals surface area contributed by atoms with Crippen molar-refractivity contribution in [2.45, 2.75) is 11.9 Å². The Morgan fingerprint density at radius 2 is 2.05 bits per heavy atom. The van der Waals surface area contributed by atoms with Gasteiger partial charge in [-0.15, -0.1) is 0 Å². The second-order valence-electron chi connectivity index (χ2n) is 3.70. The highest BCUT2D eigenvalue weighted by Gasteiger charge is 2.06. The first-order valence-corrected chi connectivity index (χ1v) is 7.10. The van der Waals surface area contributed by atoms with Gasteiger partial charge in [0.25, 0.3) is 0 Å². The van der Waals surface area contributed by atoms with Crippen LogP contribution in [-0.4, -0.2) is 28.3 Å². The molecule has 0 saturated heterocycles. The lowest BCUT2D eigenvalue weighted by molar-refractivity contribution is -0.139. The number of hydrogen-bond acceptors (Lipinski definition) is 6. The zero-order valence-corrected chi connectivity index (χ0v) is 11.8. The predicted octanol–water partition coefficient (Wildman–Crippen LogP) is 2.92. The molecule has 0 atom stereocenters. The molecular weight excluding hydrogens is 276 g/mol. The number of nitrogens with zero attached hydrogens (tertiary/aromatic N) is 2. The maximum Gasteiger partial charge on any atom is 0.316 e. The SMILES string of the molecule is CCOC(=O)CSc1cc(Oc2ccccc2)ncn1. The molecule has 0 saturated carbocycles. The molecule has 0 N–H and O–H groups in total.